The summed E-state index contributed by atoms with van der Waals surface area (Å²) in [6.07, 6.45) is 8.29. The Morgan fingerprint density at radius 3 is 2.68 bits per heavy atom. The molecule has 0 spiro atoms. The number of anilines is 1. The first kappa shape index (κ1) is 29.1. The third-order valence-corrected chi connectivity index (χ3v) is 7.95. The Balaban J connectivity index is 1.36. The highest BCUT2D eigenvalue weighted by Crippen LogP contribution is 2.33. The fraction of sp³-hybridized carbons (Fsp3) is 0.226. The number of aromatic amines is 2. The Morgan fingerprint density at radius 2 is 1.89 bits per heavy atom. The van der Waals surface area contributed by atoms with E-state index < -0.39 is 15.7 Å². The number of H-pyrrole nitrogens is 2. The van der Waals surface area contributed by atoms with Crippen LogP contribution in [-0.2, 0) is 21.1 Å². The number of carbonyl (C=O) groups is 1. The van der Waals surface area contributed by atoms with Gasteiger partial charge in [0.1, 0.15) is 21.3 Å². The van der Waals surface area contributed by atoms with Crippen molar-refractivity contribution >= 4 is 43.5 Å². The number of rotatable bonds is 9. The van der Waals surface area contributed by atoms with E-state index in [1.807, 2.05) is 26.0 Å². The first-order chi connectivity index (χ1) is 21.0. The van der Waals surface area contributed by atoms with Crippen molar-refractivity contribution in [1.82, 2.24) is 35.1 Å². The number of amides is 1. The molecule has 44 heavy (non-hydrogen) atoms. The summed E-state index contributed by atoms with van der Waals surface area (Å²) in [6, 6.07) is 9.96. The van der Waals surface area contributed by atoms with Crippen LogP contribution in [0.2, 0.25) is 0 Å². The van der Waals surface area contributed by atoms with E-state index in [2.05, 4.69) is 40.4 Å². The molecular formula is C31H29FN8O3S. The van der Waals surface area contributed by atoms with Crippen LogP contribution in [0.5, 0.6) is 0 Å². The maximum Gasteiger partial charge on any atom is 0.224 e. The number of fused-ring (bicyclic) bond motifs is 2. The smallest absolute Gasteiger partial charge is 0.224 e. The average Bonchev–Trinajstić information content (AvgIpc) is 3.59. The highest BCUT2D eigenvalue weighted by molar-refractivity contribution is 7.90. The number of hydrogen-bond donors (Lipinski definition) is 3. The van der Waals surface area contributed by atoms with Crippen molar-refractivity contribution < 1.29 is 17.6 Å². The van der Waals surface area contributed by atoms with E-state index in [0.717, 1.165) is 11.6 Å². The van der Waals surface area contributed by atoms with E-state index in [1.165, 1.54) is 12.1 Å². The summed E-state index contributed by atoms with van der Waals surface area (Å²) in [7, 11) is -3.20. The first-order valence-electron chi connectivity index (χ1n) is 13.9. The van der Waals surface area contributed by atoms with Gasteiger partial charge in [0.05, 0.1) is 40.6 Å². The standard InChI is InChI=1S/C31H29FN8O3S/c1-17(2)8-27(41)36-22-12-20(14-33-15-22)25-13-24-26(16-35-25)39-40-29(24)31-37-28-23(4-6-34-30(28)38-31)19-9-18(10-21(32)11-19)5-7-44(3,42)43/h4,6,9-17H,5,7-8H2,1-3H3,(H,36,41)(H,39,40)(H,34,37,38). The van der Waals surface area contributed by atoms with Gasteiger partial charge in [-0.2, -0.15) is 5.10 Å². The molecule has 0 unspecified atom stereocenters. The molecule has 5 aromatic heterocycles. The van der Waals surface area contributed by atoms with Crippen molar-refractivity contribution in [3.63, 3.8) is 0 Å². The van der Waals surface area contributed by atoms with Crippen LogP contribution in [0.4, 0.5) is 10.1 Å². The van der Waals surface area contributed by atoms with E-state index in [1.54, 1.807) is 36.9 Å². The van der Waals surface area contributed by atoms with E-state index in [9.17, 15) is 17.6 Å². The van der Waals surface area contributed by atoms with Gasteiger partial charge in [-0.05, 0) is 53.8 Å². The number of nitrogens with one attached hydrogen (secondary N) is 3. The van der Waals surface area contributed by atoms with Crippen molar-refractivity contribution in [2.75, 3.05) is 17.3 Å². The second-order valence-corrected chi connectivity index (χ2v) is 13.4. The van der Waals surface area contributed by atoms with Gasteiger partial charge in [-0.3, -0.25) is 19.9 Å². The van der Waals surface area contributed by atoms with Crippen LogP contribution in [-0.4, -0.2) is 61.5 Å². The molecule has 6 rings (SSSR count). The summed E-state index contributed by atoms with van der Waals surface area (Å²) in [4.78, 5) is 33.5. The topological polar surface area (TPSA) is 159 Å². The van der Waals surface area contributed by atoms with Crippen molar-refractivity contribution in [2.45, 2.75) is 26.7 Å². The maximum absolute atomic E-state index is 14.6. The van der Waals surface area contributed by atoms with Gasteiger partial charge in [0.25, 0.3) is 0 Å². The number of imidazole rings is 1. The lowest BCUT2D eigenvalue weighted by atomic mass is 10.0. The minimum absolute atomic E-state index is 0.0773. The number of carbonyl (C=O) groups excluding carboxylic acids is 1. The second kappa shape index (κ2) is 11.6. The third kappa shape index (κ3) is 6.32. The number of sulfone groups is 1. The minimum atomic E-state index is -3.20. The number of aryl methyl sites for hydroxylation is 1. The molecular weight excluding hydrogens is 583 g/mol. The summed E-state index contributed by atoms with van der Waals surface area (Å²) in [5, 5.41) is 11.1. The van der Waals surface area contributed by atoms with E-state index in [4.69, 9.17) is 0 Å². The Bertz CT molecular complexity index is 2140. The van der Waals surface area contributed by atoms with Gasteiger partial charge in [0.15, 0.2) is 11.5 Å². The highest BCUT2D eigenvalue weighted by Gasteiger charge is 2.18. The molecule has 0 aliphatic rings. The third-order valence-electron chi connectivity index (χ3n) is 7.01. The first-order valence-corrected chi connectivity index (χ1v) is 16.0. The van der Waals surface area contributed by atoms with Gasteiger partial charge in [-0.25, -0.2) is 22.8 Å². The maximum atomic E-state index is 14.6. The molecule has 0 bridgehead atoms. The molecule has 0 atom stereocenters. The zero-order chi connectivity index (χ0) is 31.0. The number of aromatic nitrogens is 7. The molecule has 0 aliphatic carbocycles. The van der Waals surface area contributed by atoms with Crippen LogP contribution in [0.25, 0.3) is 56.0 Å². The molecule has 13 heteroatoms. The molecule has 6 aromatic rings. The van der Waals surface area contributed by atoms with Gasteiger partial charge in [0.2, 0.25) is 5.91 Å². The fourth-order valence-electron chi connectivity index (χ4n) is 5.00. The molecule has 1 aromatic carbocycles. The average molecular weight is 613 g/mol. The summed E-state index contributed by atoms with van der Waals surface area (Å²) < 4.78 is 38.0. The normalized spacial score (nSPS) is 11.9. The summed E-state index contributed by atoms with van der Waals surface area (Å²) in [5.74, 6) is 0.0571. The SMILES string of the molecule is CC(C)CC(=O)Nc1cncc(-c2cc3c(-c4nc5nccc(-c6cc(F)cc(CCS(C)(=O)=O)c6)c5[nH]4)n[nH]c3cn2)c1. The Kier molecular flexibility index (Phi) is 7.64. The van der Waals surface area contributed by atoms with E-state index in [0.29, 0.717) is 68.3 Å². The van der Waals surface area contributed by atoms with Crippen LogP contribution in [0.1, 0.15) is 25.8 Å². The number of benzene rings is 1. The van der Waals surface area contributed by atoms with Gasteiger partial charge in [0, 0.05) is 41.6 Å². The second-order valence-electron chi connectivity index (χ2n) is 11.2. The van der Waals surface area contributed by atoms with Gasteiger partial charge in [-0.15, -0.1) is 0 Å². The highest BCUT2D eigenvalue weighted by atomic mass is 32.2. The van der Waals surface area contributed by atoms with Gasteiger partial charge in [-0.1, -0.05) is 19.9 Å². The molecule has 0 fully saturated rings. The molecule has 1 amide bonds. The minimum Gasteiger partial charge on any atom is -0.335 e. The zero-order valence-electron chi connectivity index (χ0n) is 24.2. The zero-order valence-corrected chi connectivity index (χ0v) is 25.0. The molecule has 0 aliphatic heterocycles. The van der Waals surface area contributed by atoms with Gasteiger partial charge >= 0.3 is 0 Å². The Labute approximate surface area is 252 Å². The van der Waals surface area contributed by atoms with E-state index in [-0.39, 0.29) is 24.0 Å². The van der Waals surface area contributed by atoms with Gasteiger partial charge < -0.3 is 10.3 Å². The summed E-state index contributed by atoms with van der Waals surface area (Å²) in [6.45, 7) is 3.97. The van der Waals surface area contributed by atoms with Crippen molar-refractivity contribution in [3.05, 3.63) is 72.6 Å². The van der Waals surface area contributed by atoms with Crippen molar-refractivity contribution in [2.24, 2.45) is 5.92 Å². The van der Waals surface area contributed by atoms with Crippen LogP contribution >= 0.6 is 0 Å². The van der Waals surface area contributed by atoms with Crippen LogP contribution in [0, 0.1) is 11.7 Å². The number of nitrogens with zero attached hydrogens (tertiary/aromatic N) is 5. The van der Waals surface area contributed by atoms with E-state index >= 15 is 0 Å². The predicted molar refractivity (Wildman–Crippen MR) is 167 cm³/mol. The fourth-order valence-corrected chi connectivity index (χ4v) is 5.61. The van der Waals surface area contributed by atoms with Crippen LogP contribution in [0.3, 0.4) is 0 Å². The van der Waals surface area contributed by atoms with Crippen molar-refractivity contribution in [3.8, 4) is 33.9 Å². The molecule has 0 saturated heterocycles. The molecule has 0 saturated carbocycles. The number of pyridine rings is 3. The number of hydrogen-bond acceptors (Lipinski definition) is 8. The van der Waals surface area contributed by atoms with Crippen LogP contribution < -0.4 is 5.32 Å². The quantitative estimate of drug-likeness (QED) is 0.197. The predicted octanol–water partition coefficient (Wildman–Crippen LogP) is 5.34. The largest absolute Gasteiger partial charge is 0.335 e. The van der Waals surface area contributed by atoms with Crippen LogP contribution in [0.15, 0.2) is 61.2 Å². The lowest BCUT2D eigenvalue weighted by Gasteiger charge is -2.08. The Morgan fingerprint density at radius 1 is 1.05 bits per heavy atom. The lowest BCUT2D eigenvalue weighted by Crippen LogP contribution is -2.13. The summed E-state index contributed by atoms with van der Waals surface area (Å²) >= 11 is 0. The molecule has 5 heterocycles. The molecule has 11 nitrogen and oxygen atoms in total. The lowest BCUT2D eigenvalue weighted by molar-refractivity contribution is -0.116. The monoisotopic (exact) mass is 612 g/mol. The molecule has 224 valence electrons. The molecule has 0 radical (unpaired) electrons. The summed E-state index contributed by atoms with van der Waals surface area (Å²) in [5.41, 5.74) is 5.96. The molecule has 3 N–H and O–H groups in total. The Hall–Kier alpha value is -5.04. The number of halogens is 1. The van der Waals surface area contributed by atoms with Crippen molar-refractivity contribution in [1.29, 1.82) is 0 Å².